The minimum atomic E-state index is -4.28. The Morgan fingerprint density at radius 1 is 1.08 bits per heavy atom. The highest BCUT2D eigenvalue weighted by Crippen LogP contribution is 2.26. The zero-order chi connectivity index (χ0) is 18.2. The molecule has 9 heteroatoms. The van der Waals surface area contributed by atoms with E-state index >= 15 is 0 Å². The van der Waals surface area contributed by atoms with E-state index < -0.39 is 36.4 Å². The van der Waals surface area contributed by atoms with Gasteiger partial charge in [0.15, 0.2) is 0 Å². The first-order chi connectivity index (χ1) is 11.8. The molecule has 1 aromatic rings. The van der Waals surface area contributed by atoms with Crippen molar-refractivity contribution in [1.29, 1.82) is 0 Å². The molecule has 0 bridgehead atoms. The van der Waals surface area contributed by atoms with Crippen molar-refractivity contribution in [2.24, 2.45) is 5.92 Å². The average molecular weight is 356 g/mol. The summed E-state index contributed by atoms with van der Waals surface area (Å²) < 4.78 is 37.1. The highest BCUT2D eigenvalue weighted by Gasteiger charge is 2.40. The molecular weight excluding hydrogens is 341 g/mol. The standard InChI is InChI=1S/C16H15F3N2O4/c17-16(18,19)9-20-7-5-10(6-8-20)15(24)25-21-13(22)11-3-1-2-4-12(11)14(21)23/h1-4,10H,5-9H2. The van der Waals surface area contributed by atoms with Crippen LogP contribution in [0.5, 0.6) is 0 Å². The fourth-order valence-corrected chi connectivity index (χ4v) is 2.99. The van der Waals surface area contributed by atoms with Crippen molar-refractivity contribution in [3.63, 3.8) is 0 Å². The lowest BCUT2D eigenvalue weighted by Gasteiger charge is -2.31. The summed E-state index contributed by atoms with van der Waals surface area (Å²) in [4.78, 5) is 42.6. The van der Waals surface area contributed by atoms with Crippen molar-refractivity contribution >= 4 is 17.8 Å². The number of benzene rings is 1. The molecule has 1 saturated heterocycles. The van der Waals surface area contributed by atoms with E-state index in [0.717, 1.165) is 0 Å². The molecule has 134 valence electrons. The third-order valence-corrected chi connectivity index (χ3v) is 4.26. The minimum Gasteiger partial charge on any atom is -0.329 e. The number of hydrogen-bond acceptors (Lipinski definition) is 5. The van der Waals surface area contributed by atoms with E-state index in [0.29, 0.717) is 5.06 Å². The SMILES string of the molecule is O=C(ON1C(=O)c2ccccc2C1=O)C1CCN(CC(F)(F)F)CC1. The molecule has 0 spiro atoms. The van der Waals surface area contributed by atoms with Crippen LogP contribution >= 0.6 is 0 Å². The summed E-state index contributed by atoms with van der Waals surface area (Å²) in [6.07, 6.45) is -3.93. The van der Waals surface area contributed by atoms with Gasteiger partial charge in [-0.05, 0) is 38.1 Å². The Kier molecular flexibility index (Phi) is 4.51. The lowest BCUT2D eigenvalue weighted by Crippen LogP contribution is -2.43. The molecule has 2 heterocycles. The van der Waals surface area contributed by atoms with E-state index in [-0.39, 0.29) is 37.1 Å². The van der Waals surface area contributed by atoms with Gasteiger partial charge >= 0.3 is 12.1 Å². The molecule has 2 aliphatic heterocycles. The quantitative estimate of drug-likeness (QED) is 0.775. The maximum Gasteiger partial charge on any atom is 0.401 e. The number of hydrogen-bond donors (Lipinski definition) is 0. The number of imide groups is 1. The summed E-state index contributed by atoms with van der Waals surface area (Å²) >= 11 is 0. The first kappa shape index (κ1) is 17.4. The van der Waals surface area contributed by atoms with Crippen LogP contribution in [-0.4, -0.2) is 53.6 Å². The van der Waals surface area contributed by atoms with E-state index in [4.69, 9.17) is 4.84 Å². The van der Waals surface area contributed by atoms with Crippen LogP contribution in [0.1, 0.15) is 33.6 Å². The zero-order valence-corrected chi connectivity index (χ0v) is 13.1. The number of amides is 2. The number of hydroxylamine groups is 2. The van der Waals surface area contributed by atoms with Crippen LogP contribution in [0.4, 0.5) is 13.2 Å². The number of carbonyl (C=O) groups excluding carboxylic acids is 3. The van der Waals surface area contributed by atoms with Gasteiger partial charge in [-0.2, -0.15) is 13.2 Å². The predicted octanol–water partition coefficient (Wildman–Crippen LogP) is 2.02. The van der Waals surface area contributed by atoms with Crippen LogP contribution in [0, 0.1) is 5.92 Å². The third-order valence-electron chi connectivity index (χ3n) is 4.26. The van der Waals surface area contributed by atoms with E-state index in [1.54, 1.807) is 12.1 Å². The third kappa shape index (κ3) is 3.65. The van der Waals surface area contributed by atoms with E-state index in [2.05, 4.69) is 0 Å². The lowest BCUT2D eigenvalue weighted by molar-refractivity contribution is -0.176. The molecule has 0 N–H and O–H groups in total. The summed E-state index contributed by atoms with van der Waals surface area (Å²) in [7, 11) is 0. The van der Waals surface area contributed by atoms with Gasteiger partial charge in [-0.1, -0.05) is 17.2 Å². The van der Waals surface area contributed by atoms with Crippen LogP contribution in [0.3, 0.4) is 0 Å². The van der Waals surface area contributed by atoms with Crippen LogP contribution < -0.4 is 0 Å². The van der Waals surface area contributed by atoms with Gasteiger partial charge in [0.25, 0.3) is 11.8 Å². The monoisotopic (exact) mass is 356 g/mol. The van der Waals surface area contributed by atoms with Gasteiger partial charge in [0.1, 0.15) is 0 Å². The molecule has 1 aromatic carbocycles. The average Bonchev–Trinajstić information content (AvgIpc) is 2.79. The fourth-order valence-electron chi connectivity index (χ4n) is 2.99. The Hall–Kier alpha value is -2.42. The molecule has 0 radical (unpaired) electrons. The Labute approximate surface area is 141 Å². The van der Waals surface area contributed by atoms with Gasteiger partial charge in [0, 0.05) is 0 Å². The zero-order valence-electron chi connectivity index (χ0n) is 13.1. The molecule has 0 atom stereocenters. The van der Waals surface area contributed by atoms with Gasteiger partial charge in [-0.15, -0.1) is 0 Å². The number of halogens is 3. The molecule has 0 saturated carbocycles. The summed E-state index contributed by atoms with van der Waals surface area (Å²) in [5.41, 5.74) is 0.306. The molecule has 0 aromatic heterocycles. The van der Waals surface area contributed by atoms with Crippen molar-refractivity contribution in [2.45, 2.75) is 19.0 Å². The second-order valence-electron chi connectivity index (χ2n) is 6.03. The number of piperidine rings is 1. The number of fused-ring (bicyclic) bond motifs is 1. The Balaban J connectivity index is 1.58. The highest BCUT2D eigenvalue weighted by atomic mass is 19.4. The lowest BCUT2D eigenvalue weighted by atomic mass is 9.97. The number of nitrogens with zero attached hydrogens (tertiary/aromatic N) is 2. The summed E-state index contributed by atoms with van der Waals surface area (Å²) in [6.45, 7) is -0.823. The van der Waals surface area contributed by atoms with Gasteiger partial charge in [-0.25, -0.2) is 4.79 Å². The van der Waals surface area contributed by atoms with Crippen LogP contribution in [0.25, 0.3) is 0 Å². The van der Waals surface area contributed by atoms with E-state index in [1.807, 2.05) is 0 Å². The maximum absolute atomic E-state index is 12.4. The van der Waals surface area contributed by atoms with Crippen molar-refractivity contribution in [2.75, 3.05) is 19.6 Å². The molecule has 0 aliphatic carbocycles. The van der Waals surface area contributed by atoms with Crippen molar-refractivity contribution < 1.29 is 32.4 Å². The number of rotatable bonds is 3. The second-order valence-corrected chi connectivity index (χ2v) is 6.03. The van der Waals surface area contributed by atoms with Gasteiger partial charge in [-0.3, -0.25) is 14.5 Å². The van der Waals surface area contributed by atoms with Crippen LogP contribution in [0.15, 0.2) is 24.3 Å². The van der Waals surface area contributed by atoms with E-state index in [9.17, 15) is 27.6 Å². The van der Waals surface area contributed by atoms with Gasteiger partial charge in [0.2, 0.25) is 0 Å². The maximum atomic E-state index is 12.4. The largest absolute Gasteiger partial charge is 0.401 e. The molecule has 1 fully saturated rings. The van der Waals surface area contributed by atoms with Crippen molar-refractivity contribution in [1.82, 2.24) is 9.96 Å². The van der Waals surface area contributed by atoms with E-state index in [1.165, 1.54) is 17.0 Å². The minimum absolute atomic E-state index is 0.0986. The molecule has 2 aliphatic rings. The van der Waals surface area contributed by atoms with Crippen LogP contribution in [-0.2, 0) is 9.63 Å². The topological polar surface area (TPSA) is 66.9 Å². The first-order valence-corrected chi connectivity index (χ1v) is 7.75. The first-order valence-electron chi connectivity index (χ1n) is 7.75. The normalized spacial score (nSPS) is 19.2. The molecule has 3 rings (SSSR count). The summed E-state index contributed by atoms with van der Waals surface area (Å²) in [6, 6.07) is 6.09. The number of likely N-dealkylation sites (tertiary alicyclic amines) is 1. The highest BCUT2D eigenvalue weighted by molar-refractivity contribution is 6.20. The summed E-state index contributed by atoms with van der Waals surface area (Å²) in [5, 5.41) is 0.426. The number of alkyl halides is 3. The molecular formula is C16H15F3N2O4. The van der Waals surface area contributed by atoms with Gasteiger partial charge in [0.05, 0.1) is 23.6 Å². The van der Waals surface area contributed by atoms with Gasteiger partial charge < -0.3 is 4.84 Å². The summed E-state index contributed by atoms with van der Waals surface area (Å²) in [5.74, 6) is -2.86. The van der Waals surface area contributed by atoms with Crippen molar-refractivity contribution in [3.05, 3.63) is 35.4 Å². The molecule has 25 heavy (non-hydrogen) atoms. The van der Waals surface area contributed by atoms with Crippen molar-refractivity contribution in [3.8, 4) is 0 Å². The van der Waals surface area contributed by atoms with Crippen LogP contribution in [0.2, 0.25) is 0 Å². The Morgan fingerprint density at radius 3 is 2.08 bits per heavy atom. The second kappa shape index (κ2) is 6.47. The molecule has 2 amide bonds. The Morgan fingerprint density at radius 2 is 1.60 bits per heavy atom. The predicted molar refractivity (Wildman–Crippen MR) is 78.3 cm³/mol. The smallest absolute Gasteiger partial charge is 0.329 e. The molecule has 6 nitrogen and oxygen atoms in total. The number of carbonyl (C=O) groups is 3. The Bertz CT molecular complexity index is 677. The fraction of sp³-hybridized carbons (Fsp3) is 0.438. The molecule has 0 unspecified atom stereocenters.